The van der Waals surface area contributed by atoms with Gasteiger partial charge in [0.1, 0.15) is 5.82 Å². The van der Waals surface area contributed by atoms with E-state index in [1.54, 1.807) is 0 Å². The molecule has 1 aromatic carbocycles. The highest BCUT2D eigenvalue weighted by atomic mass is 127. The van der Waals surface area contributed by atoms with E-state index in [1.165, 1.54) is 22.8 Å². The summed E-state index contributed by atoms with van der Waals surface area (Å²) in [6.45, 7) is 0. The van der Waals surface area contributed by atoms with Gasteiger partial charge in [0.05, 0.1) is 5.69 Å². The van der Waals surface area contributed by atoms with Gasteiger partial charge in [-0.05, 0) is 53.0 Å². The van der Waals surface area contributed by atoms with Crippen LogP contribution in [-0.2, 0) is 0 Å². The zero-order valence-electron chi connectivity index (χ0n) is 7.25. The fraction of sp³-hybridized carbons (Fsp3) is 0. The number of halogens is 2. The monoisotopic (exact) mass is 337 g/mol. The molecule has 0 bridgehead atoms. The van der Waals surface area contributed by atoms with Crippen molar-refractivity contribution in [1.82, 2.24) is 14.8 Å². The van der Waals surface area contributed by atoms with Crippen LogP contribution in [-0.4, -0.2) is 14.8 Å². The van der Waals surface area contributed by atoms with Gasteiger partial charge in [-0.1, -0.05) is 0 Å². The Labute approximate surface area is 102 Å². The highest BCUT2D eigenvalue weighted by Gasteiger charge is 2.07. The first-order chi connectivity index (χ1) is 7.09. The fourth-order valence-electron chi connectivity index (χ4n) is 1.19. The Balaban J connectivity index is 2.75. The van der Waals surface area contributed by atoms with Gasteiger partial charge in [-0.15, -0.1) is 0 Å². The van der Waals surface area contributed by atoms with E-state index in [0.717, 1.165) is 0 Å². The number of hydrogen-bond donors (Lipinski definition) is 2. The lowest BCUT2D eigenvalue weighted by molar-refractivity contribution is 0.626. The minimum absolute atomic E-state index is 0.254. The van der Waals surface area contributed by atoms with E-state index >= 15 is 0 Å². The minimum Gasteiger partial charge on any atom is -0.272 e. The van der Waals surface area contributed by atoms with Gasteiger partial charge < -0.3 is 0 Å². The number of nitrogens with one attached hydrogen (secondary N) is 2. The van der Waals surface area contributed by atoms with Gasteiger partial charge in [0.25, 0.3) is 0 Å². The van der Waals surface area contributed by atoms with Gasteiger partial charge in [-0.3, -0.25) is 5.10 Å². The predicted molar refractivity (Wildman–Crippen MR) is 64.2 cm³/mol. The molecule has 0 saturated carbocycles. The van der Waals surface area contributed by atoms with Crippen molar-refractivity contribution in [2.75, 3.05) is 0 Å². The Hall–Kier alpha value is -0.960. The molecule has 1 aromatic heterocycles. The second kappa shape index (κ2) is 3.89. The summed E-state index contributed by atoms with van der Waals surface area (Å²) in [5, 5.41) is 4.88. The number of hydrogen-bond acceptors (Lipinski definition) is 2. The third-order valence-electron chi connectivity index (χ3n) is 1.83. The molecule has 2 aromatic rings. The van der Waals surface area contributed by atoms with Crippen LogP contribution in [0.5, 0.6) is 0 Å². The molecule has 78 valence electrons. The number of rotatable bonds is 1. The zero-order valence-corrected chi connectivity index (χ0v) is 10.2. The maximum atomic E-state index is 12.9. The molecule has 2 N–H and O–H groups in total. The SMILES string of the molecule is O=c1[nH][nH]c(=S)n1-c1ccc(F)cc1I. The summed E-state index contributed by atoms with van der Waals surface area (Å²) in [5.41, 5.74) is 0.189. The Bertz CT molecular complexity index is 587. The van der Waals surface area contributed by atoms with Crippen LogP contribution in [0.25, 0.3) is 5.69 Å². The molecule has 1 heterocycles. The molecule has 0 spiro atoms. The summed E-state index contributed by atoms with van der Waals surface area (Å²) in [6.07, 6.45) is 0. The Kier molecular flexibility index (Phi) is 2.74. The highest BCUT2D eigenvalue weighted by Crippen LogP contribution is 2.16. The first-order valence-corrected chi connectivity index (χ1v) is 5.43. The van der Waals surface area contributed by atoms with Crippen molar-refractivity contribution in [3.63, 3.8) is 0 Å². The van der Waals surface area contributed by atoms with Crippen molar-refractivity contribution in [3.8, 4) is 5.69 Å². The van der Waals surface area contributed by atoms with Gasteiger partial charge in [-0.2, -0.15) is 0 Å². The lowest BCUT2D eigenvalue weighted by atomic mass is 10.3. The third kappa shape index (κ3) is 1.88. The Morgan fingerprint density at radius 3 is 2.67 bits per heavy atom. The van der Waals surface area contributed by atoms with Crippen molar-refractivity contribution >= 4 is 34.8 Å². The third-order valence-corrected chi connectivity index (χ3v) is 2.98. The molecule has 0 unspecified atom stereocenters. The van der Waals surface area contributed by atoms with Gasteiger partial charge in [0, 0.05) is 3.57 Å². The normalized spacial score (nSPS) is 10.5. The van der Waals surface area contributed by atoms with Crippen LogP contribution in [0.15, 0.2) is 23.0 Å². The minimum atomic E-state index is -0.371. The smallest absolute Gasteiger partial charge is 0.272 e. The first kappa shape index (κ1) is 10.6. The van der Waals surface area contributed by atoms with E-state index in [0.29, 0.717) is 9.26 Å². The maximum Gasteiger partial charge on any atom is 0.347 e. The molecule has 0 fully saturated rings. The molecule has 4 nitrogen and oxygen atoms in total. The molecule has 0 radical (unpaired) electrons. The van der Waals surface area contributed by atoms with E-state index in [9.17, 15) is 9.18 Å². The number of H-pyrrole nitrogens is 2. The van der Waals surface area contributed by atoms with E-state index in [-0.39, 0.29) is 16.3 Å². The average Bonchev–Trinajstić information content (AvgIpc) is 2.48. The van der Waals surface area contributed by atoms with E-state index < -0.39 is 0 Å². The van der Waals surface area contributed by atoms with Crippen molar-refractivity contribution in [3.05, 3.63) is 42.8 Å². The summed E-state index contributed by atoms with van der Waals surface area (Å²) in [7, 11) is 0. The van der Waals surface area contributed by atoms with Crippen molar-refractivity contribution < 1.29 is 4.39 Å². The van der Waals surface area contributed by atoms with E-state index in [2.05, 4.69) is 10.2 Å². The number of nitrogens with zero attached hydrogens (tertiary/aromatic N) is 1. The van der Waals surface area contributed by atoms with Crippen molar-refractivity contribution in [2.24, 2.45) is 0 Å². The second-order valence-electron chi connectivity index (χ2n) is 2.79. The lowest BCUT2D eigenvalue weighted by Gasteiger charge is -2.03. The van der Waals surface area contributed by atoms with Crippen LogP contribution in [0.3, 0.4) is 0 Å². The molecular weight excluding hydrogens is 332 g/mol. The first-order valence-electron chi connectivity index (χ1n) is 3.95. The number of aromatic nitrogens is 3. The van der Waals surface area contributed by atoms with Crippen LogP contribution >= 0.6 is 34.8 Å². The molecule has 15 heavy (non-hydrogen) atoms. The van der Waals surface area contributed by atoms with Crippen molar-refractivity contribution in [2.45, 2.75) is 0 Å². The molecule has 0 aliphatic carbocycles. The largest absolute Gasteiger partial charge is 0.347 e. The molecule has 0 aliphatic rings. The number of aromatic amines is 2. The highest BCUT2D eigenvalue weighted by molar-refractivity contribution is 14.1. The predicted octanol–water partition coefficient (Wildman–Crippen LogP) is 1.97. The quantitative estimate of drug-likeness (QED) is 0.618. The summed E-state index contributed by atoms with van der Waals surface area (Å²) in [6, 6.07) is 4.13. The summed E-state index contributed by atoms with van der Waals surface area (Å²) in [5.74, 6) is -0.346. The Morgan fingerprint density at radius 1 is 1.40 bits per heavy atom. The van der Waals surface area contributed by atoms with Crippen LogP contribution in [0.4, 0.5) is 4.39 Å². The molecule has 7 heteroatoms. The molecule has 0 saturated heterocycles. The fourth-order valence-corrected chi connectivity index (χ4v) is 2.14. The Morgan fingerprint density at radius 2 is 2.13 bits per heavy atom. The zero-order chi connectivity index (χ0) is 11.0. The van der Waals surface area contributed by atoms with E-state index in [4.69, 9.17) is 12.2 Å². The molecule has 2 rings (SSSR count). The number of benzene rings is 1. The van der Waals surface area contributed by atoms with Crippen LogP contribution < -0.4 is 5.69 Å². The molecular formula is C8H5FIN3OS. The molecule has 0 amide bonds. The van der Waals surface area contributed by atoms with E-state index in [1.807, 2.05) is 22.6 Å². The van der Waals surface area contributed by atoms with Gasteiger partial charge in [0.15, 0.2) is 0 Å². The van der Waals surface area contributed by atoms with Crippen LogP contribution in [0.1, 0.15) is 0 Å². The molecule has 0 atom stereocenters. The average molecular weight is 337 g/mol. The maximum absolute atomic E-state index is 12.9. The molecule has 0 aliphatic heterocycles. The topological polar surface area (TPSA) is 53.6 Å². The van der Waals surface area contributed by atoms with Gasteiger partial charge >= 0.3 is 5.69 Å². The summed E-state index contributed by atoms with van der Waals surface area (Å²) >= 11 is 6.87. The van der Waals surface area contributed by atoms with Gasteiger partial charge in [0.2, 0.25) is 4.77 Å². The van der Waals surface area contributed by atoms with Crippen LogP contribution in [0, 0.1) is 14.2 Å². The lowest BCUT2D eigenvalue weighted by Crippen LogP contribution is -2.15. The standard InChI is InChI=1S/C8H5FIN3OS/c9-4-1-2-6(5(10)3-4)13-7(14)11-12-8(13)15/h1-3H,(H,11,14)(H,12,15). The second-order valence-corrected chi connectivity index (χ2v) is 4.34. The van der Waals surface area contributed by atoms with Crippen molar-refractivity contribution in [1.29, 1.82) is 0 Å². The van der Waals surface area contributed by atoms with Crippen LogP contribution in [0.2, 0.25) is 0 Å². The summed E-state index contributed by atoms with van der Waals surface area (Å²) < 4.78 is 15.0. The van der Waals surface area contributed by atoms with Gasteiger partial charge in [-0.25, -0.2) is 18.9 Å². The summed E-state index contributed by atoms with van der Waals surface area (Å²) in [4.78, 5) is 11.4.